The minimum Gasteiger partial charge on any atom is -0.326 e. The van der Waals surface area contributed by atoms with Crippen LogP contribution in [0.1, 0.15) is 19.4 Å². The largest absolute Gasteiger partial charge is 0.332 e. The summed E-state index contributed by atoms with van der Waals surface area (Å²) in [5.41, 5.74) is 6.10. The molecule has 19 heavy (non-hydrogen) atoms. The van der Waals surface area contributed by atoms with E-state index in [4.69, 9.17) is 5.73 Å². The van der Waals surface area contributed by atoms with Crippen molar-refractivity contribution in [2.45, 2.75) is 26.9 Å². The summed E-state index contributed by atoms with van der Waals surface area (Å²) < 4.78 is 2.66. The SMILES string of the molecule is CC(C)Cn1c(=O)n(C)c(=O)c2cc(CN)cnc21. The van der Waals surface area contributed by atoms with Crippen LogP contribution in [0.3, 0.4) is 0 Å². The van der Waals surface area contributed by atoms with Crippen molar-refractivity contribution in [1.29, 1.82) is 0 Å². The fourth-order valence-corrected chi connectivity index (χ4v) is 2.05. The molecule has 0 aromatic carbocycles. The molecule has 6 nitrogen and oxygen atoms in total. The summed E-state index contributed by atoms with van der Waals surface area (Å²) in [4.78, 5) is 28.5. The number of hydrogen-bond acceptors (Lipinski definition) is 4. The van der Waals surface area contributed by atoms with Crippen molar-refractivity contribution >= 4 is 11.0 Å². The summed E-state index contributed by atoms with van der Waals surface area (Å²) >= 11 is 0. The highest BCUT2D eigenvalue weighted by Gasteiger charge is 2.13. The molecule has 0 atom stereocenters. The highest BCUT2D eigenvalue weighted by atomic mass is 16.2. The fourth-order valence-electron chi connectivity index (χ4n) is 2.05. The summed E-state index contributed by atoms with van der Waals surface area (Å²) in [6.07, 6.45) is 1.61. The molecule has 0 fully saturated rings. The third kappa shape index (κ3) is 2.31. The minimum atomic E-state index is -0.334. The van der Waals surface area contributed by atoms with Gasteiger partial charge in [0, 0.05) is 26.3 Å². The lowest BCUT2D eigenvalue weighted by molar-refractivity contribution is 0.499. The first kappa shape index (κ1) is 13.5. The standard InChI is InChI=1S/C13H18N4O2/c1-8(2)7-17-11-10(4-9(5-14)6-15-11)12(18)16(3)13(17)19/h4,6,8H,5,7,14H2,1-3H3. The number of nitrogens with two attached hydrogens (primary N) is 1. The third-order valence-corrected chi connectivity index (χ3v) is 3.02. The van der Waals surface area contributed by atoms with E-state index in [1.54, 1.807) is 16.8 Å². The van der Waals surface area contributed by atoms with Crippen LogP contribution in [0.25, 0.3) is 11.0 Å². The van der Waals surface area contributed by atoms with E-state index in [-0.39, 0.29) is 17.2 Å². The second-order valence-electron chi connectivity index (χ2n) is 5.07. The van der Waals surface area contributed by atoms with Crippen LogP contribution in [0.15, 0.2) is 21.9 Å². The molecule has 0 bridgehead atoms. The lowest BCUT2D eigenvalue weighted by atomic mass is 10.2. The number of pyridine rings is 1. The Balaban J connectivity index is 2.88. The molecule has 0 amide bonds. The first-order valence-corrected chi connectivity index (χ1v) is 6.24. The van der Waals surface area contributed by atoms with Gasteiger partial charge >= 0.3 is 5.69 Å². The zero-order valence-corrected chi connectivity index (χ0v) is 11.4. The molecule has 2 heterocycles. The lowest BCUT2D eigenvalue weighted by Crippen LogP contribution is -2.39. The Kier molecular flexibility index (Phi) is 3.53. The summed E-state index contributed by atoms with van der Waals surface area (Å²) in [6.45, 7) is 4.86. The minimum absolute atomic E-state index is 0.286. The molecule has 2 N–H and O–H groups in total. The van der Waals surface area contributed by atoms with E-state index in [0.717, 1.165) is 10.1 Å². The van der Waals surface area contributed by atoms with E-state index in [2.05, 4.69) is 4.98 Å². The first-order chi connectivity index (χ1) is 8.95. The van der Waals surface area contributed by atoms with Crippen LogP contribution in [0.2, 0.25) is 0 Å². The van der Waals surface area contributed by atoms with Crippen molar-refractivity contribution in [3.63, 3.8) is 0 Å². The summed E-state index contributed by atoms with van der Waals surface area (Å²) in [7, 11) is 1.48. The monoisotopic (exact) mass is 262 g/mol. The van der Waals surface area contributed by atoms with Crippen molar-refractivity contribution in [2.24, 2.45) is 18.7 Å². The number of fused-ring (bicyclic) bond motifs is 1. The summed E-state index contributed by atoms with van der Waals surface area (Å²) in [6, 6.07) is 1.71. The predicted molar refractivity (Wildman–Crippen MR) is 74.0 cm³/mol. The summed E-state index contributed by atoms with van der Waals surface area (Å²) in [5.74, 6) is 0.286. The molecule has 2 rings (SSSR count). The van der Waals surface area contributed by atoms with Crippen molar-refractivity contribution in [3.8, 4) is 0 Å². The molecule has 2 aromatic heterocycles. The summed E-state index contributed by atoms with van der Waals surface area (Å²) in [5, 5.41) is 0.436. The lowest BCUT2D eigenvalue weighted by Gasteiger charge is -2.13. The van der Waals surface area contributed by atoms with Gasteiger partial charge in [-0.05, 0) is 17.5 Å². The van der Waals surface area contributed by atoms with E-state index in [0.29, 0.717) is 24.1 Å². The van der Waals surface area contributed by atoms with Gasteiger partial charge in [0.15, 0.2) is 0 Å². The van der Waals surface area contributed by atoms with E-state index >= 15 is 0 Å². The Labute approximate surface area is 110 Å². The van der Waals surface area contributed by atoms with Gasteiger partial charge in [0.1, 0.15) is 5.65 Å². The fraction of sp³-hybridized carbons (Fsp3) is 0.462. The molecular weight excluding hydrogens is 244 g/mol. The van der Waals surface area contributed by atoms with Gasteiger partial charge < -0.3 is 5.73 Å². The van der Waals surface area contributed by atoms with E-state index in [1.807, 2.05) is 13.8 Å². The van der Waals surface area contributed by atoms with Gasteiger partial charge in [-0.1, -0.05) is 13.8 Å². The number of nitrogens with zero attached hydrogens (tertiary/aromatic N) is 3. The Morgan fingerprint density at radius 3 is 2.63 bits per heavy atom. The van der Waals surface area contributed by atoms with Crippen molar-refractivity contribution in [2.75, 3.05) is 0 Å². The zero-order chi connectivity index (χ0) is 14.2. The van der Waals surface area contributed by atoms with Crippen LogP contribution in [0.5, 0.6) is 0 Å². The van der Waals surface area contributed by atoms with Crippen molar-refractivity contribution in [3.05, 3.63) is 38.7 Å². The Bertz CT molecular complexity index is 728. The molecule has 2 aromatic rings. The van der Waals surface area contributed by atoms with Gasteiger partial charge in [-0.3, -0.25) is 13.9 Å². The van der Waals surface area contributed by atoms with Crippen LogP contribution in [-0.4, -0.2) is 14.1 Å². The van der Waals surface area contributed by atoms with Crippen LogP contribution in [-0.2, 0) is 20.1 Å². The third-order valence-electron chi connectivity index (χ3n) is 3.02. The Morgan fingerprint density at radius 2 is 2.05 bits per heavy atom. The van der Waals surface area contributed by atoms with Gasteiger partial charge in [-0.15, -0.1) is 0 Å². The van der Waals surface area contributed by atoms with Crippen molar-refractivity contribution in [1.82, 2.24) is 14.1 Å². The van der Waals surface area contributed by atoms with Crippen LogP contribution >= 0.6 is 0 Å². The van der Waals surface area contributed by atoms with Crippen molar-refractivity contribution < 1.29 is 0 Å². The zero-order valence-electron chi connectivity index (χ0n) is 11.4. The van der Waals surface area contributed by atoms with Crippen LogP contribution in [0.4, 0.5) is 0 Å². The van der Waals surface area contributed by atoms with E-state index in [1.165, 1.54) is 7.05 Å². The quantitative estimate of drug-likeness (QED) is 0.857. The molecule has 0 saturated carbocycles. The number of rotatable bonds is 3. The normalized spacial score (nSPS) is 11.4. The molecule has 102 valence electrons. The van der Waals surface area contributed by atoms with E-state index < -0.39 is 0 Å². The molecule has 6 heteroatoms. The number of aromatic nitrogens is 3. The molecule has 0 unspecified atom stereocenters. The Morgan fingerprint density at radius 1 is 1.37 bits per heavy atom. The average Bonchev–Trinajstić information content (AvgIpc) is 2.40. The molecule has 0 aliphatic rings. The van der Waals surface area contributed by atoms with Gasteiger partial charge in [0.05, 0.1) is 5.39 Å². The molecular formula is C13H18N4O2. The maximum atomic E-state index is 12.2. The van der Waals surface area contributed by atoms with Gasteiger partial charge in [-0.25, -0.2) is 9.78 Å². The highest BCUT2D eigenvalue weighted by Crippen LogP contribution is 2.09. The second-order valence-corrected chi connectivity index (χ2v) is 5.07. The average molecular weight is 262 g/mol. The molecule has 0 spiro atoms. The predicted octanol–water partition coefficient (Wildman–Crippen LogP) is 0.210. The maximum Gasteiger partial charge on any atom is 0.332 e. The van der Waals surface area contributed by atoms with Gasteiger partial charge in [0.2, 0.25) is 0 Å². The smallest absolute Gasteiger partial charge is 0.326 e. The van der Waals surface area contributed by atoms with Gasteiger partial charge in [-0.2, -0.15) is 0 Å². The topological polar surface area (TPSA) is 82.9 Å². The maximum absolute atomic E-state index is 12.2. The van der Waals surface area contributed by atoms with Crippen LogP contribution in [0, 0.1) is 5.92 Å². The molecule has 0 radical (unpaired) electrons. The molecule has 0 aliphatic carbocycles. The molecule has 0 aliphatic heterocycles. The van der Waals surface area contributed by atoms with Gasteiger partial charge in [0.25, 0.3) is 5.56 Å². The number of hydrogen-bond donors (Lipinski definition) is 1. The first-order valence-electron chi connectivity index (χ1n) is 6.24. The highest BCUT2D eigenvalue weighted by molar-refractivity contribution is 5.74. The van der Waals surface area contributed by atoms with Crippen LogP contribution < -0.4 is 17.0 Å². The van der Waals surface area contributed by atoms with E-state index in [9.17, 15) is 9.59 Å². The second kappa shape index (κ2) is 4.97. The molecule has 0 saturated heterocycles. The Hall–Kier alpha value is -1.95.